The molecule has 0 fully saturated rings. The van der Waals surface area contributed by atoms with E-state index in [-0.39, 0.29) is 12.1 Å². The minimum Gasteiger partial charge on any atom is -0.367 e. The molecule has 0 spiro atoms. The highest BCUT2D eigenvalue weighted by Gasteiger charge is 2.28. The number of hydrogen-bond donors (Lipinski definition) is 1. The average molecular weight is 281 g/mol. The molecular formula is C18H19NO2. The maximum Gasteiger partial charge on any atom is 0.150 e. The molecule has 0 aromatic heterocycles. The van der Waals surface area contributed by atoms with Crippen LogP contribution in [0.5, 0.6) is 0 Å². The normalized spacial score (nSPS) is 24.0. The number of carbonyl (C=O) groups is 1. The molecule has 2 aliphatic rings. The lowest BCUT2D eigenvalue weighted by molar-refractivity contribution is -0.104. The van der Waals surface area contributed by atoms with Crippen LogP contribution < -0.4 is 5.32 Å². The Labute approximate surface area is 125 Å². The summed E-state index contributed by atoms with van der Waals surface area (Å²) < 4.78 is 6.04. The Morgan fingerprint density at radius 1 is 1.29 bits per heavy atom. The Kier molecular flexibility index (Phi) is 4.13. The zero-order valence-corrected chi connectivity index (χ0v) is 12.1. The fourth-order valence-electron chi connectivity index (χ4n) is 2.71. The molecule has 0 amide bonds. The second-order valence-electron chi connectivity index (χ2n) is 5.44. The first-order valence-electron chi connectivity index (χ1n) is 7.22. The number of allylic oxidation sites excluding steroid dienone is 2. The largest absolute Gasteiger partial charge is 0.367 e. The molecule has 1 aromatic rings. The van der Waals surface area contributed by atoms with Crippen LogP contribution in [-0.2, 0) is 16.1 Å². The first-order chi connectivity index (χ1) is 10.3. The second kappa shape index (κ2) is 6.20. The number of ether oxygens (including phenoxy) is 1. The Balaban J connectivity index is 1.71. The molecule has 3 nitrogen and oxygen atoms in total. The smallest absolute Gasteiger partial charge is 0.150 e. The zero-order valence-electron chi connectivity index (χ0n) is 12.1. The van der Waals surface area contributed by atoms with E-state index in [0.717, 1.165) is 29.5 Å². The molecule has 0 radical (unpaired) electrons. The quantitative estimate of drug-likeness (QED) is 0.862. The zero-order chi connectivity index (χ0) is 14.7. The van der Waals surface area contributed by atoms with Crippen LogP contribution in [0.4, 0.5) is 0 Å². The number of aldehydes is 1. The summed E-state index contributed by atoms with van der Waals surface area (Å²) in [7, 11) is 0. The summed E-state index contributed by atoms with van der Waals surface area (Å²) >= 11 is 0. The van der Waals surface area contributed by atoms with E-state index >= 15 is 0 Å². The molecule has 1 N–H and O–H groups in total. The number of carbonyl (C=O) groups excluding carboxylic acids is 1. The van der Waals surface area contributed by atoms with E-state index in [2.05, 4.69) is 36.5 Å². The van der Waals surface area contributed by atoms with Crippen LogP contribution in [0.2, 0.25) is 0 Å². The molecule has 1 heterocycles. The van der Waals surface area contributed by atoms with Crippen LogP contribution in [0.15, 0.2) is 59.7 Å². The van der Waals surface area contributed by atoms with E-state index in [9.17, 15) is 4.79 Å². The van der Waals surface area contributed by atoms with Crippen molar-refractivity contribution in [3.8, 4) is 0 Å². The van der Waals surface area contributed by atoms with Gasteiger partial charge in [0.2, 0.25) is 0 Å². The molecule has 3 heteroatoms. The lowest BCUT2D eigenvalue weighted by Crippen LogP contribution is -2.45. The third kappa shape index (κ3) is 3.04. The van der Waals surface area contributed by atoms with Gasteiger partial charge in [-0.1, -0.05) is 54.1 Å². The molecule has 0 saturated heterocycles. The lowest BCUT2D eigenvalue weighted by Gasteiger charge is -2.32. The van der Waals surface area contributed by atoms with Crippen LogP contribution in [0.3, 0.4) is 0 Å². The molecule has 2 atom stereocenters. The van der Waals surface area contributed by atoms with Crippen molar-refractivity contribution >= 4 is 6.29 Å². The van der Waals surface area contributed by atoms with E-state index in [1.165, 1.54) is 5.56 Å². The summed E-state index contributed by atoms with van der Waals surface area (Å²) in [6, 6.07) is 8.41. The number of benzene rings is 1. The van der Waals surface area contributed by atoms with Crippen molar-refractivity contribution in [1.82, 2.24) is 5.32 Å². The van der Waals surface area contributed by atoms with Gasteiger partial charge in [0.05, 0.1) is 18.8 Å². The molecule has 1 aromatic carbocycles. The maximum atomic E-state index is 11.1. The highest BCUT2D eigenvalue weighted by atomic mass is 16.5. The van der Waals surface area contributed by atoms with Crippen LogP contribution in [0, 0.1) is 6.92 Å². The van der Waals surface area contributed by atoms with Crippen molar-refractivity contribution in [3.05, 3.63) is 70.8 Å². The van der Waals surface area contributed by atoms with Gasteiger partial charge in [0, 0.05) is 12.1 Å². The van der Waals surface area contributed by atoms with Crippen LogP contribution in [-0.4, -0.2) is 25.0 Å². The van der Waals surface area contributed by atoms with E-state index < -0.39 is 0 Å². The van der Waals surface area contributed by atoms with Gasteiger partial charge in [-0.25, -0.2) is 0 Å². The molecule has 2 unspecified atom stereocenters. The molecule has 0 bridgehead atoms. The van der Waals surface area contributed by atoms with E-state index in [1.54, 1.807) is 0 Å². The van der Waals surface area contributed by atoms with E-state index in [1.807, 2.05) is 24.3 Å². The van der Waals surface area contributed by atoms with Gasteiger partial charge in [0.25, 0.3) is 0 Å². The van der Waals surface area contributed by atoms with Gasteiger partial charge in [-0.3, -0.25) is 4.79 Å². The monoisotopic (exact) mass is 281 g/mol. The Morgan fingerprint density at radius 3 is 2.86 bits per heavy atom. The van der Waals surface area contributed by atoms with Crippen molar-refractivity contribution in [2.45, 2.75) is 25.7 Å². The molecule has 21 heavy (non-hydrogen) atoms. The van der Waals surface area contributed by atoms with Crippen LogP contribution in [0.25, 0.3) is 0 Å². The summed E-state index contributed by atoms with van der Waals surface area (Å²) in [6.07, 6.45) is 8.75. The number of fused-ring (bicyclic) bond motifs is 1. The Hall–Kier alpha value is -1.97. The third-order valence-electron chi connectivity index (χ3n) is 3.91. The highest BCUT2D eigenvalue weighted by Crippen LogP contribution is 2.25. The fourth-order valence-corrected chi connectivity index (χ4v) is 2.71. The second-order valence-corrected chi connectivity index (χ2v) is 5.44. The van der Waals surface area contributed by atoms with Crippen LogP contribution >= 0.6 is 0 Å². The van der Waals surface area contributed by atoms with Gasteiger partial charge in [0.1, 0.15) is 6.29 Å². The lowest BCUT2D eigenvalue weighted by atomic mass is 9.89. The minimum absolute atomic E-state index is 0.0463. The molecule has 1 aliphatic carbocycles. The maximum absolute atomic E-state index is 11.1. The Bertz CT molecular complexity index is 611. The molecule has 0 saturated carbocycles. The van der Waals surface area contributed by atoms with Crippen molar-refractivity contribution < 1.29 is 9.53 Å². The predicted molar refractivity (Wildman–Crippen MR) is 82.9 cm³/mol. The van der Waals surface area contributed by atoms with Gasteiger partial charge in [-0.05, 0) is 18.1 Å². The van der Waals surface area contributed by atoms with Crippen LogP contribution in [0.1, 0.15) is 11.1 Å². The first-order valence-corrected chi connectivity index (χ1v) is 7.22. The topological polar surface area (TPSA) is 38.3 Å². The van der Waals surface area contributed by atoms with Gasteiger partial charge in [0.15, 0.2) is 0 Å². The van der Waals surface area contributed by atoms with Crippen molar-refractivity contribution in [2.75, 3.05) is 6.54 Å². The number of aryl methyl sites for hydroxylation is 1. The van der Waals surface area contributed by atoms with E-state index in [0.29, 0.717) is 6.61 Å². The van der Waals surface area contributed by atoms with Crippen molar-refractivity contribution in [3.63, 3.8) is 0 Å². The summed E-state index contributed by atoms with van der Waals surface area (Å²) in [6.45, 7) is 3.45. The van der Waals surface area contributed by atoms with Crippen molar-refractivity contribution in [2.24, 2.45) is 0 Å². The van der Waals surface area contributed by atoms with Crippen molar-refractivity contribution in [1.29, 1.82) is 0 Å². The average Bonchev–Trinajstić information content (AvgIpc) is 2.54. The summed E-state index contributed by atoms with van der Waals surface area (Å²) in [4.78, 5) is 11.1. The molecule has 3 rings (SSSR count). The standard InChI is InChI=1S/C18H19NO2/c1-13-4-6-14(7-5-13)12-21-17-9-8-15(11-20)16-3-2-10-19-18(16)17/h2-9,11,17-19H,10,12H2,1H3. The molecule has 108 valence electrons. The SMILES string of the molecule is Cc1ccc(COC2C=CC(C=O)=C3C=CCNC32)cc1. The number of hydrogen-bond acceptors (Lipinski definition) is 3. The summed E-state index contributed by atoms with van der Waals surface area (Å²) in [5.74, 6) is 0. The predicted octanol–water partition coefficient (Wildman–Crippen LogP) is 2.47. The van der Waals surface area contributed by atoms with Gasteiger partial charge in [-0.2, -0.15) is 0 Å². The van der Waals surface area contributed by atoms with E-state index in [4.69, 9.17) is 4.74 Å². The number of nitrogens with one attached hydrogen (secondary N) is 1. The highest BCUT2D eigenvalue weighted by molar-refractivity contribution is 5.81. The Morgan fingerprint density at radius 2 is 2.10 bits per heavy atom. The number of rotatable bonds is 4. The summed E-state index contributed by atoms with van der Waals surface area (Å²) in [5, 5.41) is 3.40. The first kappa shape index (κ1) is 14.0. The third-order valence-corrected chi connectivity index (χ3v) is 3.91. The fraction of sp³-hybridized carbons (Fsp3) is 0.278. The van der Waals surface area contributed by atoms with Gasteiger partial charge >= 0.3 is 0 Å². The van der Waals surface area contributed by atoms with Gasteiger partial charge in [-0.15, -0.1) is 0 Å². The molecular weight excluding hydrogens is 262 g/mol. The minimum atomic E-state index is -0.0463. The van der Waals surface area contributed by atoms with Gasteiger partial charge < -0.3 is 10.1 Å². The molecule has 1 aliphatic heterocycles. The summed E-state index contributed by atoms with van der Waals surface area (Å²) in [5.41, 5.74) is 4.16.